The maximum absolute atomic E-state index is 14.7. The third-order valence-corrected chi connectivity index (χ3v) is 17.0. The van der Waals surface area contributed by atoms with Crippen molar-refractivity contribution in [1.29, 1.82) is 0 Å². The average Bonchev–Trinajstić information content (AvgIpc) is 2.99. The van der Waals surface area contributed by atoms with Gasteiger partial charge in [-0.25, -0.2) is 5.26 Å². The number of nitrogens with one attached hydrogen (secondary N) is 5. The Morgan fingerprint density at radius 1 is 0.773 bits per heavy atom. The van der Waals surface area contributed by atoms with Crippen LogP contribution in [-0.2, 0) is 49.4 Å². The van der Waals surface area contributed by atoms with Gasteiger partial charge in [-0.3, -0.25) is 38.4 Å². The molecule has 4 heterocycles. The third-order valence-electron chi connectivity index (χ3n) is 15.6. The number of β-amino-alcohol motifs (C(OH)–C–C–N with tert-alkyl or cyclic N) is 1. The number of hydrogen-bond donors (Lipinski definition) is 14. The molecular weight excluding hydrogens is 1200 g/mol. The quantitative estimate of drug-likeness (QED) is 0.0247. The molecule has 4 aliphatic rings. The molecule has 1 aromatic heterocycles. The van der Waals surface area contributed by atoms with Gasteiger partial charge in [0.1, 0.15) is 52.0 Å². The van der Waals surface area contributed by atoms with E-state index in [1.54, 1.807) is 12.1 Å². The van der Waals surface area contributed by atoms with Gasteiger partial charge in [-0.05, 0) is 86.7 Å². The topological polar surface area (TPSA) is 454 Å². The first-order chi connectivity index (χ1) is 42.0. The predicted octanol–water partition coefficient (Wildman–Crippen LogP) is -1.52. The zero-order chi connectivity index (χ0) is 63.5. The van der Waals surface area contributed by atoms with E-state index in [-0.39, 0.29) is 35.3 Å². The van der Waals surface area contributed by atoms with Gasteiger partial charge >= 0.3 is 0 Å². The van der Waals surface area contributed by atoms with E-state index in [1.807, 2.05) is 24.3 Å². The number of phenolic OH excluding ortho intramolecular Hbond substituents is 1. The highest BCUT2D eigenvalue weighted by molar-refractivity contribution is 7.90. The number of carbonyl (C=O) groups is 8. The van der Waals surface area contributed by atoms with Crippen molar-refractivity contribution in [2.45, 2.75) is 151 Å². The minimum atomic E-state index is -2.22. The number of aromatic nitrogens is 2. The number of primary amides is 1. The molecule has 12 unspecified atom stereocenters. The van der Waals surface area contributed by atoms with E-state index in [4.69, 9.17) is 19.9 Å². The largest absolute Gasteiger partial charge is 0.504 e. The second kappa shape index (κ2) is 30.0. The van der Waals surface area contributed by atoms with E-state index < -0.39 is 177 Å². The molecule has 1 aliphatic carbocycles. The number of carbonyl (C=O) groups excluding carboxylic acids is 8. The summed E-state index contributed by atoms with van der Waals surface area (Å²) in [5.41, 5.74) is 6.90. The van der Waals surface area contributed by atoms with Crippen molar-refractivity contribution in [2.24, 2.45) is 11.7 Å². The molecule has 0 radical (unpaired) electrons. The molecule has 3 saturated heterocycles. The highest BCUT2D eigenvalue weighted by Gasteiger charge is 2.50. The fourth-order valence-electron chi connectivity index (χ4n) is 10.9. The molecule has 30 nitrogen and oxygen atoms in total. The number of hydrogen-bond acceptors (Lipinski definition) is 24. The van der Waals surface area contributed by atoms with E-state index in [0.29, 0.717) is 15.6 Å². The van der Waals surface area contributed by atoms with Gasteiger partial charge in [-0.15, -0.1) is 10.2 Å². The van der Waals surface area contributed by atoms with Crippen molar-refractivity contribution in [1.82, 2.24) is 46.6 Å². The number of benzene rings is 3. The summed E-state index contributed by atoms with van der Waals surface area (Å²) in [5, 5.41) is 112. The molecule has 8 rings (SSSR count). The van der Waals surface area contributed by atoms with Crippen molar-refractivity contribution in [3.8, 4) is 38.4 Å². The number of fused-ring (bicyclic) bond motifs is 2. The average molecular weight is 1270 g/mol. The molecule has 0 bridgehead atoms. The van der Waals surface area contributed by atoms with Crippen molar-refractivity contribution in [3.63, 3.8) is 0 Å². The van der Waals surface area contributed by atoms with Crippen molar-refractivity contribution in [2.75, 3.05) is 19.6 Å². The minimum Gasteiger partial charge on any atom is -0.504 e. The van der Waals surface area contributed by atoms with Gasteiger partial charge in [0, 0.05) is 61.5 Å². The summed E-state index contributed by atoms with van der Waals surface area (Å²) in [7, 11) is 0. The summed E-state index contributed by atoms with van der Waals surface area (Å²) in [6.07, 6.45) is -7.92. The predicted molar refractivity (Wildman–Crippen MR) is 308 cm³/mol. The number of amides is 8. The van der Waals surface area contributed by atoms with Crippen LogP contribution < -0.4 is 41.2 Å². The molecule has 88 heavy (non-hydrogen) atoms. The Kier molecular flexibility index (Phi) is 22.6. The number of aromatic hydroxyl groups is 1. The maximum atomic E-state index is 14.7. The number of ether oxygens (including phenoxy) is 1. The molecular formula is C56H70N10O20S2. The second-order valence-corrected chi connectivity index (χ2v) is 23.6. The van der Waals surface area contributed by atoms with Crippen molar-refractivity contribution >= 4 is 70.9 Å². The van der Waals surface area contributed by atoms with Gasteiger partial charge in [-0.2, -0.15) is 0 Å². The number of aliphatic hydroxyl groups is 6. The molecule has 8 amide bonds. The first-order valence-corrected chi connectivity index (χ1v) is 29.8. The molecule has 1 saturated carbocycles. The SMILES string of the molecule is CC(O)C1NC(=O)[C@@H](NC(=O)c2ccc(-c3nnc(-c4ccc(OC5CCCCC5)cc4)s3)cc2)CC(O)CNC(=O)C2C(O)C(C)CN2C(=O)C(C(O)CC(N)=O)NC(=O)C(C(O)Cc2ccc(O)c(OSOOO)c2)NC(=O)C2CC(O)CN2C1=O. The summed E-state index contributed by atoms with van der Waals surface area (Å²) in [5.74, 6) is -10.3. The van der Waals surface area contributed by atoms with E-state index in [2.05, 4.69) is 46.2 Å². The van der Waals surface area contributed by atoms with Gasteiger partial charge < -0.3 is 86.8 Å². The monoisotopic (exact) mass is 1270 g/mol. The molecule has 3 aromatic carbocycles. The van der Waals surface area contributed by atoms with Gasteiger partial charge in [0.25, 0.3) is 18.2 Å². The van der Waals surface area contributed by atoms with Crippen LogP contribution in [0.25, 0.3) is 21.1 Å². The summed E-state index contributed by atoms with van der Waals surface area (Å²) >= 11 is 1.36. The molecule has 32 heteroatoms. The number of rotatable bonds is 17. The van der Waals surface area contributed by atoms with E-state index in [1.165, 1.54) is 42.9 Å². The number of phenols is 1. The summed E-state index contributed by atoms with van der Waals surface area (Å²) in [6.45, 7) is 0.870. The van der Waals surface area contributed by atoms with Gasteiger partial charge in [0.15, 0.2) is 11.5 Å². The van der Waals surface area contributed by atoms with Crippen LogP contribution in [-0.4, -0.2) is 207 Å². The lowest BCUT2D eigenvalue weighted by molar-refractivity contribution is -0.433. The van der Waals surface area contributed by atoms with Crippen LogP contribution >= 0.6 is 23.7 Å². The van der Waals surface area contributed by atoms with Gasteiger partial charge in [0.05, 0.1) is 49.1 Å². The van der Waals surface area contributed by atoms with Crippen molar-refractivity contribution < 1.29 is 97.7 Å². The molecule has 476 valence electrons. The smallest absolute Gasteiger partial charge is 0.261 e. The van der Waals surface area contributed by atoms with E-state index in [9.17, 15) is 74.1 Å². The Hall–Kier alpha value is -7.63. The van der Waals surface area contributed by atoms with Crippen LogP contribution in [0, 0.1) is 5.92 Å². The van der Waals surface area contributed by atoms with Crippen LogP contribution in [0.2, 0.25) is 0 Å². The van der Waals surface area contributed by atoms with E-state index in [0.717, 1.165) is 65.9 Å². The summed E-state index contributed by atoms with van der Waals surface area (Å²) in [6, 6.07) is 5.48. The lowest BCUT2D eigenvalue weighted by Crippen LogP contribution is -2.64. The van der Waals surface area contributed by atoms with Crippen LogP contribution in [0.5, 0.6) is 17.2 Å². The summed E-state index contributed by atoms with van der Waals surface area (Å²) in [4.78, 5) is 115. The zero-order valence-electron chi connectivity index (χ0n) is 47.6. The van der Waals surface area contributed by atoms with E-state index >= 15 is 0 Å². The molecule has 4 fully saturated rings. The maximum Gasteiger partial charge on any atom is 0.261 e. The molecule has 4 aromatic rings. The van der Waals surface area contributed by atoms with Crippen LogP contribution in [0.15, 0.2) is 66.7 Å². The standard InChI is InChI=1S/C56H70N10O20S2/c1-26-24-66-46(47(26)74)52(79)58-23-32(68)20-36(59-48(75)29-9-11-30(12-10-29)53-63-64-54(87-53)31-13-15-35(16-14-31)83-34-6-4-3-5-7-34)49(76)60-43(27(2)67)55(80)65-25-33(69)21-37(65)50(77)61-44(51(78)62-45(56(66)81)40(72)22-42(57)73)39(71)18-28-8-17-38(70)41(19-28)84-88-86-85-82/h8-17,19,26-27,32-34,36-37,39-40,43-47,67-72,74,82H,3-7,18,20-25H2,1-2H3,(H2,57,73)(H,58,79)(H,59,75)(H,60,76)(H,61,77)(H,62,78)/t26?,27?,32?,33?,36-,37?,39?,40?,43?,44?,45?,46?,47?/m0/s1. The number of nitrogens with two attached hydrogens (primary N) is 1. The second-order valence-electron chi connectivity index (χ2n) is 22.2. The zero-order valence-corrected chi connectivity index (χ0v) is 49.2. The van der Waals surface area contributed by atoms with Crippen LogP contribution in [0.4, 0.5) is 0 Å². The summed E-state index contributed by atoms with van der Waals surface area (Å²) < 4.78 is 15.5. The highest BCUT2D eigenvalue weighted by atomic mass is 32.2. The van der Waals surface area contributed by atoms with Crippen LogP contribution in [0.1, 0.15) is 81.1 Å². The fourth-order valence-corrected chi connectivity index (χ4v) is 12.0. The molecule has 13 atom stereocenters. The molecule has 0 spiro atoms. The number of aliphatic hydroxyl groups excluding tert-OH is 6. The first kappa shape index (κ1) is 66.3. The fraction of sp³-hybridized carbons (Fsp3) is 0.500. The van der Waals surface area contributed by atoms with Crippen molar-refractivity contribution in [3.05, 3.63) is 77.9 Å². The molecule has 3 aliphatic heterocycles. The highest BCUT2D eigenvalue weighted by Crippen LogP contribution is 2.34. The Bertz CT molecular complexity index is 3140. The lowest BCUT2D eigenvalue weighted by Gasteiger charge is -2.33. The third kappa shape index (κ3) is 16.5. The Morgan fingerprint density at radius 3 is 2.06 bits per heavy atom. The normalized spacial score (nSPS) is 26.5. The van der Waals surface area contributed by atoms with Gasteiger partial charge in [-0.1, -0.05) is 52.3 Å². The molecule has 15 N–H and O–H groups in total. The Labute approximate surface area is 511 Å². The number of nitrogens with zero attached hydrogens (tertiary/aromatic N) is 4. The van der Waals surface area contributed by atoms with Gasteiger partial charge in [0.2, 0.25) is 41.4 Å². The first-order valence-electron chi connectivity index (χ1n) is 28.3. The Balaban J connectivity index is 1.08. The Morgan fingerprint density at radius 2 is 1.41 bits per heavy atom. The minimum absolute atomic E-state index is 0.00798. The lowest BCUT2D eigenvalue weighted by atomic mass is 9.98. The van der Waals surface area contributed by atoms with Crippen LogP contribution in [0.3, 0.4) is 0 Å².